The number of aryl methyl sites for hydroxylation is 1. The van der Waals surface area contributed by atoms with Gasteiger partial charge in [0.25, 0.3) is 0 Å². The largest absolute Gasteiger partial charge is 0.466 e. The second kappa shape index (κ2) is 10.1. The van der Waals surface area contributed by atoms with Gasteiger partial charge in [-0.3, -0.25) is 0 Å². The molecule has 2 heterocycles. The van der Waals surface area contributed by atoms with Gasteiger partial charge in [-0.25, -0.2) is 9.78 Å². The Labute approximate surface area is 144 Å². The highest BCUT2D eigenvalue weighted by atomic mass is 16.6. The van der Waals surface area contributed by atoms with Crippen LogP contribution in [0.5, 0.6) is 5.88 Å². The number of esters is 1. The topological polar surface area (TPSA) is 73.8 Å². The molecule has 7 heteroatoms. The third-order valence-electron chi connectivity index (χ3n) is 3.69. The number of ether oxygens (including phenoxy) is 3. The minimum Gasteiger partial charge on any atom is -0.466 e. The van der Waals surface area contributed by atoms with Crippen molar-refractivity contribution in [2.45, 2.75) is 46.6 Å². The first-order chi connectivity index (χ1) is 11.1. The molecule has 1 aromatic rings. The van der Waals surface area contributed by atoms with Crippen molar-refractivity contribution in [3.05, 3.63) is 11.9 Å². The quantitative estimate of drug-likeness (QED) is 0.706. The number of piperidine rings is 1. The first kappa shape index (κ1) is 20.2. The molecule has 0 radical (unpaired) electrons. The number of carbonyl (C=O) groups is 1. The van der Waals surface area contributed by atoms with Gasteiger partial charge in [0.1, 0.15) is 11.6 Å². The molecule has 0 bridgehead atoms. The maximum absolute atomic E-state index is 11.2. The number of methoxy groups -OCH3 is 1. The Morgan fingerprint density at radius 2 is 2.04 bits per heavy atom. The van der Waals surface area contributed by atoms with E-state index >= 15 is 0 Å². The smallest absolute Gasteiger partial charge is 0.343 e. The molecule has 7 nitrogen and oxygen atoms in total. The normalized spacial score (nSPS) is 14.9. The van der Waals surface area contributed by atoms with E-state index in [1.54, 1.807) is 6.07 Å². The Bertz CT molecular complexity index is 517. The van der Waals surface area contributed by atoms with Crippen LogP contribution in [0.4, 0.5) is 5.82 Å². The molecule has 0 saturated carbocycles. The molecule has 136 valence electrons. The molecule has 24 heavy (non-hydrogen) atoms. The van der Waals surface area contributed by atoms with Crippen LogP contribution >= 0.6 is 0 Å². The van der Waals surface area contributed by atoms with Crippen LogP contribution in [0.25, 0.3) is 0 Å². The molecule has 0 amide bonds. The standard InChI is InChI=1S/C16H25N3O4.CH4/c1-4-9-22-13-5-7-19(8-6-13)14-10-15(18-12(2)17-14)23-11-16(20)21-3;/h10,13H,4-9,11H2,1-3H3;1H4. The van der Waals surface area contributed by atoms with E-state index in [2.05, 4.69) is 26.5 Å². The zero-order valence-electron chi connectivity index (χ0n) is 14.1. The van der Waals surface area contributed by atoms with Crippen molar-refractivity contribution < 1.29 is 19.0 Å². The van der Waals surface area contributed by atoms with Crippen molar-refractivity contribution in [2.75, 3.05) is 38.3 Å². The van der Waals surface area contributed by atoms with E-state index in [9.17, 15) is 4.79 Å². The van der Waals surface area contributed by atoms with Crippen LogP contribution in [0, 0.1) is 6.92 Å². The number of nitrogens with zero attached hydrogens (tertiary/aromatic N) is 3. The predicted octanol–water partition coefficient (Wildman–Crippen LogP) is 2.37. The van der Waals surface area contributed by atoms with Gasteiger partial charge in [-0.15, -0.1) is 0 Å². The lowest BCUT2D eigenvalue weighted by Crippen LogP contribution is -2.37. The summed E-state index contributed by atoms with van der Waals surface area (Å²) >= 11 is 0. The molecule has 0 spiro atoms. The summed E-state index contributed by atoms with van der Waals surface area (Å²) in [6.07, 6.45) is 3.36. The Balaban J connectivity index is 0.00000288. The fourth-order valence-corrected chi connectivity index (χ4v) is 2.49. The average molecular weight is 339 g/mol. The lowest BCUT2D eigenvalue weighted by Gasteiger charge is -2.32. The second-order valence-corrected chi connectivity index (χ2v) is 5.53. The Morgan fingerprint density at radius 3 is 2.67 bits per heavy atom. The lowest BCUT2D eigenvalue weighted by atomic mass is 10.1. The number of carbonyl (C=O) groups excluding carboxylic acids is 1. The van der Waals surface area contributed by atoms with Crippen LogP contribution in [0.15, 0.2) is 6.07 Å². The summed E-state index contributed by atoms with van der Waals surface area (Å²) in [6, 6.07) is 1.77. The second-order valence-electron chi connectivity index (χ2n) is 5.53. The van der Waals surface area contributed by atoms with Crippen LogP contribution in [-0.2, 0) is 14.3 Å². The molecule has 2 rings (SSSR count). The van der Waals surface area contributed by atoms with Gasteiger partial charge < -0.3 is 19.1 Å². The van der Waals surface area contributed by atoms with Crippen LogP contribution in [-0.4, -0.2) is 55.5 Å². The first-order valence-electron chi connectivity index (χ1n) is 8.04. The van der Waals surface area contributed by atoms with Gasteiger partial charge in [0.2, 0.25) is 5.88 Å². The zero-order chi connectivity index (χ0) is 16.7. The first-order valence-corrected chi connectivity index (χ1v) is 8.04. The summed E-state index contributed by atoms with van der Waals surface area (Å²) in [5.41, 5.74) is 0. The van der Waals surface area contributed by atoms with E-state index in [1.807, 2.05) is 6.92 Å². The van der Waals surface area contributed by atoms with Gasteiger partial charge in [-0.1, -0.05) is 14.4 Å². The van der Waals surface area contributed by atoms with E-state index in [1.165, 1.54) is 7.11 Å². The summed E-state index contributed by atoms with van der Waals surface area (Å²) in [5, 5.41) is 0. The summed E-state index contributed by atoms with van der Waals surface area (Å²) in [5.74, 6) is 1.40. The molecule has 1 aliphatic heterocycles. The van der Waals surface area contributed by atoms with Gasteiger partial charge in [0.15, 0.2) is 6.61 Å². The minimum absolute atomic E-state index is 0. The lowest BCUT2D eigenvalue weighted by molar-refractivity contribution is -0.143. The van der Waals surface area contributed by atoms with Crippen molar-refractivity contribution in [3.8, 4) is 5.88 Å². The highest BCUT2D eigenvalue weighted by molar-refractivity contribution is 5.70. The minimum atomic E-state index is -0.434. The molecule has 0 aromatic carbocycles. The fraction of sp³-hybridized carbons (Fsp3) is 0.706. The molecule has 0 unspecified atom stereocenters. The van der Waals surface area contributed by atoms with E-state index < -0.39 is 5.97 Å². The third kappa shape index (κ3) is 5.96. The van der Waals surface area contributed by atoms with Crippen molar-refractivity contribution in [1.29, 1.82) is 0 Å². The van der Waals surface area contributed by atoms with Crippen molar-refractivity contribution in [3.63, 3.8) is 0 Å². The number of aromatic nitrogens is 2. The van der Waals surface area contributed by atoms with Crippen molar-refractivity contribution in [2.24, 2.45) is 0 Å². The Morgan fingerprint density at radius 1 is 1.33 bits per heavy atom. The highest BCUT2D eigenvalue weighted by Crippen LogP contribution is 2.22. The van der Waals surface area contributed by atoms with Crippen molar-refractivity contribution >= 4 is 11.8 Å². The molecule has 1 aromatic heterocycles. The molecular formula is C17H29N3O4. The molecule has 1 fully saturated rings. The predicted molar refractivity (Wildman–Crippen MR) is 92.5 cm³/mol. The molecule has 0 N–H and O–H groups in total. The third-order valence-corrected chi connectivity index (χ3v) is 3.69. The van der Waals surface area contributed by atoms with Crippen LogP contribution in [0.3, 0.4) is 0 Å². The van der Waals surface area contributed by atoms with Gasteiger partial charge in [0.05, 0.1) is 13.2 Å². The number of hydrogen-bond donors (Lipinski definition) is 0. The van der Waals surface area contributed by atoms with Crippen LogP contribution in [0.1, 0.15) is 39.4 Å². The van der Waals surface area contributed by atoms with Crippen LogP contribution in [0.2, 0.25) is 0 Å². The van der Waals surface area contributed by atoms with E-state index in [0.29, 0.717) is 17.8 Å². The Kier molecular flexibility index (Phi) is 8.46. The molecule has 0 aliphatic carbocycles. The van der Waals surface area contributed by atoms with Gasteiger partial charge in [-0.05, 0) is 26.2 Å². The maximum Gasteiger partial charge on any atom is 0.343 e. The van der Waals surface area contributed by atoms with Gasteiger partial charge in [0, 0.05) is 25.8 Å². The fourth-order valence-electron chi connectivity index (χ4n) is 2.49. The summed E-state index contributed by atoms with van der Waals surface area (Å²) in [6.45, 7) is 6.38. The maximum atomic E-state index is 11.2. The highest BCUT2D eigenvalue weighted by Gasteiger charge is 2.21. The van der Waals surface area contributed by atoms with E-state index in [0.717, 1.165) is 44.8 Å². The SMILES string of the molecule is C.CCCOC1CCN(c2cc(OCC(=O)OC)nc(C)n2)CC1. The van der Waals surface area contributed by atoms with Crippen molar-refractivity contribution in [1.82, 2.24) is 9.97 Å². The molecular weight excluding hydrogens is 310 g/mol. The monoisotopic (exact) mass is 339 g/mol. The summed E-state index contributed by atoms with van der Waals surface area (Å²) in [4.78, 5) is 22.0. The molecule has 0 atom stereocenters. The van der Waals surface area contributed by atoms with E-state index in [-0.39, 0.29) is 14.0 Å². The number of rotatable bonds is 7. The van der Waals surface area contributed by atoms with Crippen LogP contribution < -0.4 is 9.64 Å². The molecule has 1 aliphatic rings. The number of hydrogen-bond acceptors (Lipinski definition) is 7. The zero-order valence-corrected chi connectivity index (χ0v) is 14.1. The van der Waals surface area contributed by atoms with Gasteiger partial charge in [-0.2, -0.15) is 4.98 Å². The summed E-state index contributed by atoms with van der Waals surface area (Å²) in [7, 11) is 1.33. The van der Waals surface area contributed by atoms with Gasteiger partial charge >= 0.3 is 5.97 Å². The Hall–Kier alpha value is -1.89. The molecule has 1 saturated heterocycles. The number of anilines is 1. The van der Waals surface area contributed by atoms with E-state index in [4.69, 9.17) is 9.47 Å². The summed E-state index contributed by atoms with van der Waals surface area (Å²) < 4.78 is 15.7. The average Bonchev–Trinajstić information content (AvgIpc) is 2.57.